The van der Waals surface area contributed by atoms with Crippen molar-refractivity contribution in [3.63, 3.8) is 0 Å². The van der Waals surface area contributed by atoms with Crippen molar-refractivity contribution < 1.29 is 14.6 Å². The zero-order valence-electron chi connectivity index (χ0n) is 16.4. The molecular weight excluding hydrogens is 459 g/mol. The summed E-state index contributed by atoms with van der Waals surface area (Å²) < 4.78 is 6.86. The lowest BCUT2D eigenvalue weighted by Crippen LogP contribution is -2.39. The lowest BCUT2D eigenvalue weighted by Gasteiger charge is -2.24. The van der Waals surface area contributed by atoms with Crippen molar-refractivity contribution in [1.82, 2.24) is 4.57 Å². The second-order valence-corrected chi connectivity index (χ2v) is 8.64. The van der Waals surface area contributed by atoms with E-state index in [4.69, 9.17) is 27.9 Å². The Morgan fingerprint density at radius 2 is 1.87 bits per heavy atom. The molecule has 3 aromatic rings. The summed E-state index contributed by atoms with van der Waals surface area (Å²) >= 11 is 13.2. The van der Waals surface area contributed by atoms with Crippen LogP contribution in [-0.2, 0) is 9.53 Å². The first-order chi connectivity index (χ1) is 14.8. The number of methoxy groups -OCH3 is 1. The molecule has 1 unspecified atom stereocenters. The predicted molar refractivity (Wildman–Crippen MR) is 120 cm³/mol. The molecule has 0 fully saturated rings. The van der Waals surface area contributed by atoms with Gasteiger partial charge in [0.1, 0.15) is 0 Å². The molecule has 0 saturated carbocycles. The van der Waals surface area contributed by atoms with E-state index in [0.29, 0.717) is 26.2 Å². The first-order valence-electron chi connectivity index (χ1n) is 9.15. The third kappa shape index (κ3) is 3.80. The predicted octanol–water partition coefficient (Wildman–Crippen LogP) is 3.42. The lowest BCUT2D eigenvalue weighted by atomic mass is 9.96. The number of nitrogens with zero attached hydrogens (tertiary/aromatic N) is 2. The molecule has 1 aliphatic heterocycles. The fourth-order valence-electron chi connectivity index (χ4n) is 3.46. The molecule has 0 aliphatic carbocycles. The average molecular weight is 475 g/mol. The van der Waals surface area contributed by atoms with Gasteiger partial charge in [0, 0.05) is 0 Å². The first kappa shape index (κ1) is 21.4. The molecule has 31 heavy (non-hydrogen) atoms. The Labute approximate surface area is 191 Å². The Hall–Kier alpha value is -2.87. The molecule has 158 valence electrons. The number of aromatic hydroxyl groups is 1. The number of halogens is 2. The third-order valence-electron chi connectivity index (χ3n) is 4.88. The summed E-state index contributed by atoms with van der Waals surface area (Å²) in [5.74, 6) is -0.758. The number of carbonyl (C=O) groups is 1. The van der Waals surface area contributed by atoms with Crippen LogP contribution in [0.2, 0.25) is 10.0 Å². The molecule has 9 heteroatoms. The molecule has 1 aliphatic rings. The molecule has 1 aromatic heterocycles. The van der Waals surface area contributed by atoms with Gasteiger partial charge in [-0.1, -0.05) is 64.9 Å². The van der Waals surface area contributed by atoms with E-state index in [1.165, 1.54) is 35.1 Å². The van der Waals surface area contributed by atoms with Crippen LogP contribution in [0.5, 0.6) is 5.75 Å². The number of carbonyl (C=O) groups excluding carboxylic acids is 1. The normalized spacial score (nSPS) is 16.1. The van der Waals surface area contributed by atoms with Gasteiger partial charge in [0.15, 0.2) is 10.6 Å². The summed E-state index contributed by atoms with van der Waals surface area (Å²) in [7, 11) is 1.30. The highest BCUT2D eigenvalue weighted by atomic mass is 35.5. The molecule has 1 N–H and O–H groups in total. The summed E-state index contributed by atoms with van der Waals surface area (Å²) in [5.41, 5.74) is 1.80. The van der Waals surface area contributed by atoms with Gasteiger partial charge in [0.25, 0.3) is 5.56 Å². The number of allylic oxidation sites excluding steroid dienone is 1. The van der Waals surface area contributed by atoms with Crippen molar-refractivity contribution in [2.24, 2.45) is 4.99 Å². The molecule has 2 heterocycles. The number of ether oxygens (including phenoxy) is 1. The number of fused-ring (bicyclic) bond motifs is 1. The number of benzene rings is 2. The van der Waals surface area contributed by atoms with Gasteiger partial charge < -0.3 is 9.84 Å². The van der Waals surface area contributed by atoms with Crippen LogP contribution in [0, 0.1) is 0 Å². The van der Waals surface area contributed by atoms with E-state index >= 15 is 0 Å². The maximum atomic E-state index is 13.4. The van der Waals surface area contributed by atoms with E-state index in [9.17, 15) is 14.7 Å². The van der Waals surface area contributed by atoms with Gasteiger partial charge in [-0.25, -0.2) is 9.79 Å². The van der Waals surface area contributed by atoms with Crippen LogP contribution in [-0.4, -0.2) is 22.8 Å². The van der Waals surface area contributed by atoms with Gasteiger partial charge in [-0.15, -0.1) is 0 Å². The van der Waals surface area contributed by atoms with Crippen molar-refractivity contribution in [3.05, 3.63) is 94.6 Å². The van der Waals surface area contributed by atoms with Crippen LogP contribution in [0.4, 0.5) is 0 Å². The average Bonchev–Trinajstić information content (AvgIpc) is 3.05. The maximum absolute atomic E-state index is 13.4. The van der Waals surface area contributed by atoms with E-state index in [2.05, 4.69) is 4.99 Å². The smallest absolute Gasteiger partial charge is 0.338 e. The Kier molecular flexibility index (Phi) is 5.75. The Morgan fingerprint density at radius 1 is 1.23 bits per heavy atom. The van der Waals surface area contributed by atoms with E-state index < -0.39 is 12.0 Å². The van der Waals surface area contributed by atoms with Crippen molar-refractivity contribution >= 4 is 46.6 Å². The van der Waals surface area contributed by atoms with Gasteiger partial charge in [-0.3, -0.25) is 9.36 Å². The van der Waals surface area contributed by atoms with Crippen LogP contribution in [0.1, 0.15) is 24.1 Å². The zero-order valence-corrected chi connectivity index (χ0v) is 18.8. The van der Waals surface area contributed by atoms with E-state index in [1.807, 2.05) is 30.3 Å². The quantitative estimate of drug-likeness (QED) is 0.589. The van der Waals surface area contributed by atoms with E-state index in [0.717, 1.165) is 5.56 Å². The third-order valence-corrected chi connectivity index (χ3v) is 6.44. The number of thiazole rings is 1. The molecule has 1 atom stereocenters. The van der Waals surface area contributed by atoms with Crippen LogP contribution >= 0.6 is 34.5 Å². The van der Waals surface area contributed by atoms with Gasteiger partial charge >= 0.3 is 5.97 Å². The number of phenols is 1. The van der Waals surface area contributed by atoms with Gasteiger partial charge in [0.05, 0.1) is 39.0 Å². The fourth-order valence-corrected chi connectivity index (χ4v) is 5.01. The number of esters is 1. The summed E-state index contributed by atoms with van der Waals surface area (Å²) in [5, 5.41) is 9.94. The molecular formula is C22H16Cl2N2O4S. The van der Waals surface area contributed by atoms with Crippen molar-refractivity contribution in [1.29, 1.82) is 0 Å². The molecule has 0 saturated heterocycles. The Balaban J connectivity index is 1.98. The monoisotopic (exact) mass is 474 g/mol. The summed E-state index contributed by atoms with van der Waals surface area (Å²) in [6.45, 7) is 1.72. The molecule has 0 amide bonds. The minimum atomic E-state index is -0.668. The minimum absolute atomic E-state index is 0.0810. The van der Waals surface area contributed by atoms with Gasteiger partial charge in [0.2, 0.25) is 0 Å². The summed E-state index contributed by atoms with van der Waals surface area (Å²) in [4.78, 5) is 30.9. The van der Waals surface area contributed by atoms with E-state index in [-0.39, 0.29) is 21.4 Å². The Bertz CT molecular complexity index is 1380. The molecule has 0 bridgehead atoms. The van der Waals surface area contributed by atoms with Gasteiger partial charge in [-0.2, -0.15) is 0 Å². The van der Waals surface area contributed by atoms with Gasteiger partial charge in [-0.05, 0) is 36.3 Å². The number of phenolic OH excluding ortho intramolecular Hbond substituents is 1. The largest absolute Gasteiger partial charge is 0.505 e. The molecule has 4 rings (SSSR count). The zero-order chi connectivity index (χ0) is 22.3. The lowest BCUT2D eigenvalue weighted by molar-refractivity contribution is -0.136. The second-order valence-electron chi connectivity index (χ2n) is 6.82. The van der Waals surface area contributed by atoms with Crippen LogP contribution < -0.4 is 14.9 Å². The fraction of sp³-hybridized carbons (Fsp3) is 0.136. The van der Waals surface area contributed by atoms with Crippen molar-refractivity contribution in [2.45, 2.75) is 13.0 Å². The van der Waals surface area contributed by atoms with Crippen LogP contribution in [0.15, 0.2) is 63.5 Å². The summed E-state index contributed by atoms with van der Waals surface area (Å²) in [6, 6.07) is 11.6. The number of aromatic nitrogens is 1. The molecule has 0 radical (unpaired) electrons. The molecule has 0 spiro atoms. The highest BCUT2D eigenvalue weighted by Gasteiger charge is 2.32. The maximum Gasteiger partial charge on any atom is 0.338 e. The van der Waals surface area contributed by atoms with E-state index in [1.54, 1.807) is 13.0 Å². The first-order valence-corrected chi connectivity index (χ1v) is 10.7. The highest BCUT2D eigenvalue weighted by molar-refractivity contribution is 7.07. The SMILES string of the molecule is COC(=O)C1=C(C)N=c2sc(=Cc3cc(Cl)c(O)c(Cl)c3)c(=O)n2C1c1ccccc1. The topological polar surface area (TPSA) is 80.9 Å². The number of hydrogen-bond acceptors (Lipinski definition) is 6. The summed E-state index contributed by atoms with van der Waals surface area (Å²) in [6.07, 6.45) is 1.63. The second kappa shape index (κ2) is 8.34. The number of hydrogen-bond donors (Lipinski definition) is 1. The van der Waals surface area contributed by atoms with Crippen molar-refractivity contribution in [2.75, 3.05) is 7.11 Å². The number of rotatable bonds is 3. The molecule has 6 nitrogen and oxygen atoms in total. The highest BCUT2D eigenvalue weighted by Crippen LogP contribution is 2.33. The minimum Gasteiger partial charge on any atom is -0.505 e. The van der Waals surface area contributed by atoms with Crippen LogP contribution in [0.3, 0.4) is 0 Å². The van der Waals surface area contributed by atoms with Crippen LogP contribution in [0.25, 0.3) is 6.08 Å². The van der Waals surface area contributed by atoms with Crippen molar-refractivity contribution in [3.8, 4) is 5.75 Å². The Morgan fingerprint density at radius 3 is 2.48 bits per heavy atom. The standard InChI is InChI=1S/C22H16Cl2N2O4S/c1-11-17(21(29)30-2)18(13-6-4-3-5-7-13)26-20(28)16(31-22(26)25-11)10-12-8-14(23)19(27)15(24)9-12/h3-10,18,27H,1-2H3. The molecule has 2 aromatic carbocycles.